The normalized spacial score (nSPS) is 25.2. The van der Waals surface area contributed by atoms with Gasteiger partial charge >= 0.3 is 0 Å². The molecular weight excluding hydrogens is 513 g/mol. The quantitative estimate of drug-likeness (QED) is 0.382. The highest BCUT2D eigenvalue weighted by atomic mass is 32.2. The molecule has 38 heavy (non-hydrogen) atoms. The van der Waals surface area contributed by atoms with Gasteiger partial charge in [-0.3, -0.25) is 15.0 Å². The molecule has 3 aliphatic rings. The fourth-order valence-electron chi connectivity index (χ4n) is 6.14. The monoisotopic (exact) mass is 539 g/mol. The summed E-state index contributed by atoms with van der Waals surface area (Å²) in [6.45, 7) is 1.35. The van der Waals surface area contributed by atoms with Gasteiger partial charge in [0.25, 0.3) is 15.7 Å². The second-order valence-electron chi connectivity index (χ2n) is 10.0. The average Bonchev–Trinajstić information content (AvgIpc) is 3.45. The summed E-state index contributed by atoms with van der Waals surface area (Å²) in [5.74, 6) is -0.0185. The number of aliphatic hydroxyl groups excluding tert-OH is 1. The predicted molar refractivity (Wildman–Crippen MR) is 136 cm³/mol. The third-order valence-electron chi connectivity index (χ3n) is 7.70. The molecule has 3 aromatic rings. The second-order valence-corrected chi connectivity index (χ2v) is 11.8. The fraction of sp³-hybridized carbons (Fsp3) is 0.333. The number of sulfonamides is 1. The highest BCUT2D eigenvalue weighted by Gasteiger charge is 2.53. The van der Waals surface area contributed by atoms with Gasteiger partial charge in [-0.25, -0.2) is 12.8 Å². The van der Waals surface area contributed by atoms with Crippen molar-refractivity contribution in [1.82, 2.24) is 9.21 Å². The summed E-state index contributed by atoms with van der Waals surface area (Å²) in [5, 5.41) is 21.9. The van der Waals surface area contributed by atoms with Crippen molar-refractivity contribution in [1.29, 1.82) is 0 Å². The smallest absolute Gasteiger partial charge is 0.289 e. The van der Waals surface area contributed by atoms with Crippen LogP contribution < -0.4 is 4.74 Å². The number of fused-ring (bicyclic) bond motifs is 5. The molecule has 1 unspecified atom stereocenters. The van der Waals surface area contributed by atoms with Crippen LogP contribution in [-0.4, -0.2) is 59.4 Å². The highest BCUT2D eigenvalue weighted by Crippen LogP contribution is 2.56. The molecule has 2 fully saturated rings. The molecule has 0 radical (unpaired) electrons. The van der Waals surface area contributed by atoms with E-state index in [1.54, 1.807) is 6.07 Å². The first-order chi connectivity index (χ1) is 18.2. The van der Waals surface area contributed by atoms with Gasteiger partial charge < -0.3 is 9.84 Å². The number of hydrogen-bond acceptors (Lipinski definition) is 7. The minimum atomic E-state index is -4.44. The van der Waals surface area contributed by atoms with E-state index in [0.29, 0.717) is 49.5 Å². The Balaban J connectivity index is 1.56. The third kappa shape index (κ3) is 4.15. The molecule has 2 saturated heterocycles. The number of benzene rings is 3. The van der Waals surface area contributed by atoms with E-state index in [1.807, 2.05) is 23.1 Å². The van der Waals surface area contributed by atoms with Crippen LogP contribution in [0.5, 0.6) is 11.5 Å². The van der Waals surface area contributed by atoms with Crippen LogP contribution in [0.4, 0.5) is 10.1 Å². The number of likely N-dealkylation sites (tertiary alicyclic amines) is 1. The number of rotatable bonds is 5. The molecule has 0 saturated carbocycles. The minimum absolute atomic E-state index is 0.331. The van der Waals surface area contributed by atoms with Crippen LogP contribution in [0.2, 0.25) is 0 Å². The van der Waals surface area contributed by atoms with Gasteiger partial charge in [-0.1, -0.05) is 30.3 Å². The van der Waals surface area contributed by atoms with Crippen molar-refractivity contribution in [2.75, 3.05) is 19.6 Å². The van der Waals surface area contributed by atoms with Gasteiger partial charge in [0.15, 0.2) is 4.90 Å². The van der Waals surface area contributed by atoms with E-state index in [-0.39, 0.29) is 5.92 Å². The first-order valence-corrected chi connectivity index (χ1v) is 13.9. The lowest BCUT2D eigenvalue weighted by molar-refractivity contribution is -0.387. The Morgan fingerprint density at radius 2 is 1.79 bits per heavy atom. The van der Waals surface area contributed by atoms with E-state index in [4.69, 9.17) is 4.74 Å². The van der Waals surface area contributed by atoms with Gasteiger partial charge in [-0.2, -0.15) is 4.31 Å². The van der Waals surface area contributed by atoms with E-state index in [9.17, 15) is 28.0 Å². The number of hydrogen-bond donors (Lipinski definition) is 1. The van der Waals surface area contributed by atoms with Crippen molar-refractivity contribution in [3.8, 4) is 11.5 Å². The summed E-state index contributed by atoms with van der Waals surface area (Å²) < 4.78 is 50.9. The maximum atomic E-state index is 14.6. The van der Waals surface area contributed by atoms with Crippen molar-refractivity contribution in [2.24, 2.45) is 0 Å². The van der Waals surface area contributed by atoms with E-state index >= 15 is 0 Å². The van der Waals surface area contributed by atoms with Gasteiger partial charge in [0, 0.05) is 43.2 Å². The van der Waals surface area contributed by atoms with Crippen LogP contribution in [-0.2, 0) is 10.0 Å². The molecule has 1 N–H and O–H groups in total. The molecule has 4 atom stereocenters. The van der Waals surface area contributed by atoms with Gasteiger partial charge in [-0.15, -0.1) is 0 Å². The summed E-state index contributed by atoms with van der Waals surface area (Å²) >= 11 is 0. The number of nitro benzene ring substituents is 1. The van der Waals surface area contributed by atoms with Crippen LogP contribution in [0.15, 0.2) is 71.6 Å². The largest absolute Gasteiger partial charge is 0.457 e. The molecule has 0 bridgehead atoms. The van der Waals surface area contributed by atoms with Gasteiger partial charge in [0.1, 0.15) is 17.3 Å². The zero-order chi connectivity index (χ0) is 26.6. The lowest BCUT2D eigenvalue weighted by Gasteiger charge is -2.32. The predicted octanol–water partition coefficient (Wildman–Crippen LogP) is 4.19. The van der Waals surface area contributed by atoms with Gasteiger partial charge in [0.05, 0.1) is 17.1 Å². The van der Waals surface area contributed by atoms with Crippen molar-refractivity contribution in [3.63, 3.8) is 0 Å². The Kier molecular flexibility index (Phi) is 6.18. The number of halogens is 1. The Morgan fingerprint density at radius 1 is 1.05 bits per heavy atom. The molecule has 3 aliphatic heterocycles. The zero-order valence-corrected chi connectivity index (χ0v) is 21.1. The molecule has 6 rings (SSSR count). The molecule has 0 aliphatic carbocycles. The zero-order valence-electron chi connectivity index (χ0n) is 20.3. The highest BCUT2D eigenvalue weighted by molar-refractivity contribution is 7.89. The molecule has 9 nitrogen and oxygen atoms in total. The summed E-state index contributed by atoms with van der Waals surface area (Å²) in [6.07, 6.45) is 0.486. The fourth-order valence-corrected chi connectivity index (χ4v) is 8.13. The average molecular weight is 540 g/mol. The summed E-state index contributed by atoms with van der Waals surface area (Å²) in [6, 6.07) is 15.3. The minimum Gasteiger partial charge on any atom is -0.457 e. The molecule has 11 heteroatoms. The van der Waals surface area contributed by atoms with Crippen LogP contribution in [0, 0.1) is 15.9 Å². The van der Waals surface area contributed by atoms with Crippen molar-refractivity contribution < 1.29 is 27.6 Å². The van der Waals surface area contributed by atoms with E-state index in [1.165, 1.54) is 46.8 Å². The number of para-hydroxylation sites is 2. The molecule has 0 spiro atoms. The third-order valence-corrected chi connectivity index (χ3v) is 9.69. The summed E-state index contributed by atoms with van der Waals surface area (Å²) in [4.78, 5) is 12.7. The maximum absolute atomic E-state index is 14.6. The van der Waals surface area contributed by atoms with Crippen LogP contribution in [0.1, 0.15) is 35.9 Å². The Hall–Kier alpha value is -3.38. The molecule has 3 aromatic carbocycles. The van der Waals surface area contributed by atoms with Crippen LogP contribution >= 0.6 is 0 Å². The van der Waals surface area contributed by atoms with Crippen molar-refractivity contribution >= 4 is 15.7 Å². The Labute approximate surface area is 219 Å². The van der Waals surface area contributed by atoms with E-state index in [2.05, 4.69) is 0 Å². The molecule has 0 amide bonds. The Morgan fingerprint density at radius 3 is 2.55 bits per heavy atom. The maximum Gasteiger partial charge on any atom is 0.289 e. The lowest BCUT2D eigenvalue weighted by Crippen LogP contribution is -2.44. The summed E-state index contributed by atoms with van der Waals surface area (Å²) in [5.41, 5.74) is 0.647. The number of nitro groups is 1. The van der Waals surface area contributed by atoms with Gasteiger partial charge in [0.2, 0.25) is 0 Å². The number of aliphatic hydroxyl groups is 1. The van der Waals surface area contributed by atoms with Crippen LogP contribution in [0.3, 0.4) is 0 Å². The number of β-amino-alcohol motifs (C(OH)–C–C–N with tert-alkyl or cyclic N) is 1. The standard InChI is InChI=1S/C27H26FN3O6S/c28-17-9-10-25-22(13-17)27-21(20-5-1-3-7-24(20)37-25)14-18(15-29-12-11-19(32)16-29)30(27)38(35,36)26-8-4-2-6-23(26)31(33)34/h1-10,13,18-19,21,27,32H,11-12,14-16H2/t18-,19?,21-,27+/m1/s1. The van der Waals surface area contributed by atoms with E-state index in [0.717, 1.165) is 5.56 Å². The molecule has 198 valence electrons. The molecule has 3 heterocycles. The lowest BCUT2D eigenvalue weighted by atomic mass is 9.87. The molecule has 0 aromatic heterocycles. The van der Waals surface area contributed by atoms with Gasteiger partial charge in [-0.05, 0) is 48.7 Å². The first kappa shape index (κ1) is 24.9. The topological polar surface area (TPSA) is 113 Å². The first-order valence-electron chi connectivity index (χ1n) is 12.5. The number of ether oxygens (including phenoxy) is 1. The van der Waals surface area contributed by atoms with Crippen molar-refractivity contribution in [2.45, 2.75) is 41.8 Å². The van der Waals surface area contributed by atoms with Crippen LogP contribution in [0.25, 0.3) is 0 Å². The van der Waals surface area contributed by atoms with Crippen molar-refractivity contribution in [3.05, 3.63) is 93.8 Å². The SMILES string of the molecule is O=[N+]([O-])c1ccccc1S(=O)(=O)N1[C@@H](CN2CCC(O)C2)C[C@@H]2c3ccccc3Oc3ccc(F)cc3[C@H]21. The summed E-state index contributed by atoms with van der Waals surface area (Å²) in [7, 11) is -4.44. The van der Waals surface area contributed by atoms with E-state index < -0.39 is 49.5 Å². The number of nitrogens with zero attached hydrogens (tertiary/aromatic N) is 3. The second kappa shape index (κ2) is 9.42. The molecular formula is C27H26FN3O6S. The Bertz CT molecular complexity index is 1520.